The Balaban J connectivity index is 1.41. The minimum Gasteiger partial charge on any atom is -0.490 e. The lowest BCUT2D eigenvalue weighted by Gasteiger charge is -2.32. The van der Waals surface area contributed by atoms with Crippen molar-refractivity contribution in [3.63, 3.8) is 0 Å². The number of hydrogen-bond acceptors (Lipinski definition) is 11. The smallest absolute Gasteiger partial charge is 0.420 e. The summed E-state index contributed by atoms with van der Waals surface area (Å²) in [6.07, 6.45) is 0.381. The van der Waals surface area contributed by atoms with E-state index in [-0.39, 0.29) is 76.4 Å². The van der Waals surface area contributed by atoms with Crippen LogP contribution in [0, 0.1) is 17.1 Å². The SMILES string of the molecule is CC(C)Nc1sc2cccc(-c3c(C(F)(F)F)c4c5c(nc(OCC67CCCN6CCC7)nc5c3F)N(C(C)c3cccnc3N)CCO4)c2c1C#N. The van der Waals surface area contributed by atoms with Gasteiger partial charge in [0.15, 0.2) is 5.82 Å². The van der Waals surface area contributed by atoms with Crippen molar-refractivity contribution in [3.8, 4) is 29.0 Å². The molecule has 6 heterocycles. The number of ether oxygens (including phenoxy) is 2. The number of nitriles is 1. The van der Waals surface area contributed by atoms with Crippen molar-refractivity contribution in [3.05, 3.63) is 59.0 Å². The number of nitrogen functional groups attached to an aromatic ring is 1. The number of nitrogens with two attached hydrogens (primary N) is 1. The molecule has 3 aromatic heterocycles. The maximum absolute atomic E-state index is 17.6. The Morgan fingerprint density at radius 2 is 1.87 bits per heavy atom. The molecule has 15 heteroatoms. The largest absolute Gasteiger partial charge is 0.490 e. The molecule has 10 nitrogen and oxygen atoms in total. The van der Waals surface area contributed by atoms with Crippen molar-refractivity contribution in [1.29, 1.82) is 5.26 Å². The fourth-order valence-corrected chi connectivity index (χ4v) is 9.60. The molecular weight excluding hydrogens is 709 g/mol. The van der Waals surface area contributed by atoms with Crippen molar-refractivity contribution in [1.82, 2.24) is 19.9 Å². The second-order valence-electron chi connectivity index (χ2n) is 14.2. The van der Waals surface area contributed by atoms with Gasteiger partial charge in [-0.25, -0.2) is 9.37 Å². The summed E-state index contributed by atoms with van der Waals surface area (Å²) < 4.78 is 77.2. The molecule has 5 aromatic rings. The van der Waals surface area contributed by atoms with Crippen LogP contribution in [0.25, 0.3) is 32.1 Å². The lowest BCUT2D eigenvalue weighted by molar-refractivity contribution is -0.138. The van der Waals surface area contributed by atoms with Crippen LogP contribution >= 0.6 is 11.3 Å². The quantitative estimate of drug-likeness (QED) is 0.150. The molecule has 1 unspecified atom stereocenters. The molecule has 0 bridgehead atoms. The van der Waals surface area contributed by atoms with Crippen molar-refractivity contribution >= 4 is 49.0 Å². The Hall–Kier alpha value is -4.94. The Labute approximate surface area is 307 Å². The number of halogens is 4. The van der Waals surface area contributed by atoms with E-state index in [9.17, 15) is 5.26 Å². The molecule has 0 saturated carbocycles. The predicted octanol–water partition coefficient (Wildman–Crippen LogP) is 8.31. The van der Waals surface area contributed by atoms with E-state index in [2.05, 4.69) is 26.3 Å². The second kappa shape index (κ2) is 13.2. The summed E-state index contributed by atoms with van der Waals surface area (Å²) in [6.45, 7) is 7.68. The van der Waals surface area contributed by atoms with Gasteiger partial charge in [0.25, 0.3) is 0 Å². The van der Waals surface area contributed by atoms with Crippen LogP contribution in [0.5, 0.6) is 11.8 Å². The first-order valence-electron chi connectivity index (χ1n) is 17.8. The molecule has 0 radical (unpaired) electrons. The second-order valence-corrected chi connectivity index (χ2v) is 15.3. The van der Waals surface area contributed by atoms with Crippen LogP contribution in [0.2, 0.25) is 0 Å². The molecule has 8 rings (SSSR count). The van der Waals surface area contributed by atoms with Gasteiger partial charge in [0.1, 0.15) is 52.7 Å². The first kappa shape index (κ1) is 35.1. The summed E-state index contributed by atoms with van der Waals surface area (Å²) in [5.74, 6) is -1.52. The van der Waals surface area contributed by atoms with Gasteiger partial charge in [-0.15, -0.1) is 11.3 Å². The molecule has 1 atom stereocenters. The number of aromatic nitrogens is 3. The van der Waals surface area contributed by atoms with Crippen LogP contribution in [0.15, 0.2) is 36.5 Å². The van der Waals surface area contributed by atoms with Crippen LogP contribution in [-0.2, 0) is 6.18 Å². The number of benzene rings is 2. The van der Waals surface area contributed by atoms with Crippen molar-refractivity contribution in [2.75, 3.05) is 48.8 Å². The third-order valence-electron chi connectivity index (χ3n) is 10.7. The maximum Gasteiger partial charge on any atom is 0.420 e. The standard InChI is InChI=1S/C38H38F4N8O2S/c1-20(2)46-35-24(18-43)26-23(8-4-10-25(26)53-35)27-29(38(40,41)42)32-28-31(30(27)39)47-36(52-19-37-11-6-14-49(37)15-7-12-37)48-34(28)50(16-17-51-32)21(3)22-9-5-13-45-33(22)44/h4-5,8-10,13,20-21,46H,6-7,11-12,14-17,19H2,1-3H3,(H2,44,45). The molecular formula is C38H38F4N8O2S. The normalized spacial score (nSPS) is 17.5. The topological polar surface area (TPSA) is 125 Å². The molecule has 3 aliphatic rings. The number of rotatable bonds is 8. The highest BCUT2D eigenvalue weighted by atomic mass is 32.1. The zero-order valence-corrected chi connectivity index (χ0v) is 30.3. The molecule has 3 aliphatic heterocycles. The predicted molar refractivity (Wildman–Crippen MR) is 197 cm³/mol. The first-order chi connectivity index (χ1) is 25.4. The van der Waals surface area contributed by atoms with Crippen LogP contribution in [0.4, 0.5) is 34.2 Å². The van der Waals surface area contributed by atoms with Gasteiger partial charge < -0.3 is 25.4 Å². The van der Waals surface area contributed by atoms with Gasteiger partial charge in [0, 0.05) is 33.5 Å². The number of nitrogens with zero attached hydrogens (tertiary/aromatic N) is 6. The number of thiophene rings is 1. The van der Waals surface area contributed by atoms with Gasteiger partial charge in [0.2, 0.25) is 0 Å². The number of fused-ring (bicyclic) bond motifs is 2. The molecule has 3 N–H and O–H groups in total. The number of pyridine rings is 1. The fraction of sp³-hybridized carbons (Fsp3) is 0.421. The number of nitrogens with one attached hydrogen (secondary N) is 1. The van der Waals surface area contributed by atoms with E-state index in [1.54, 1.807) is 35.4 Å². The summed E-state index contributed by atoms with van der Waals surface area (Å²) in [6, 6.07) is 9.57. The zero-order chi connectivity index (χ0) is 37.2. The van der Waals surface area contributed by atoms with Gasteiger partial charge in [-0.3, -0.25) is 4.90 Å². The average molecular weight is 747 g/mol. The Kier molecular flexibility index (Phi) is 8.73. The van der Waals surface area contributed by atoms with Gasteiger partial charge in [-0.1, -0.05) is 18.2 Å². The highest BCUT2D eigenvalue weighted by Crippen LogP contribution is 2.54. The number of hydrogen-bond donors (Lipinski definition) is 2. The first-order valence-corrected chi connectivity index (χ1v) is 18.6. The lowest BCUT2D eigenvalue weighted by Crippen LogP contribution is -2.43. The molecule has 0 aliphatic carbocycles. The lowest BCUT2D eigenvalue weighted by atomic mass is 9.91. The van der Waals surface area contributed by atoms with Gasteiger partial charge in [-0.05, 0) is 77.2 Å². The third-order valence-corrected chi connectivity index (χ3v) is 11.8. The monoisotopic (exact) mass is 746 g/mol. The van der Waals surface area contributed by atoms with E-state index in [1.165, 1.54) is 17.4 Å². The Bertz CT molecular complexity index is 2280. The molecule has 276 valence electrons. The summed E-state index contributed by atoms with van der Waals surface area (Å²) in [5.41, 5.74) is 4.30. The highest BCUT2D eigenvalue weighted by molar-refractivity contribution is 7.23. The van der Waals surface area contributed by atoms with Crippen LogP contribution in [-0.4, -0.2) is 64.3 Å². The van der Waals surface area contributed by atoms with Gasteiger partial charge in [-0.2, -0.15) is 28.4 Å². The summed E-state index contributed by atoms with van der Waals surface area (Å²) in [7, 11) is 0. The number of anilines is 3. The van der Waals surface area contributed by atoms with E-state index in [0.29, 0.717) is 15.3 Å². The molecule has 0 spiro atoms. The third kappa shape index (κ3) is 5.83. The minimum absolute atomic E-state index is 0.0336. The summed E-state index contributed by atoms with van der Waals surface area (Å²) in [4.78, 5) is 17.6. The number of alkyl halides is 3. The average Bonchev–Trinajstić information content (AvgIpc) is 3.77. The summed E-state index contributed by atoms with van der Waals surface area (Å²) >= 11 is 1.23. The Morgan fingerprint density at radius 1 is 1.09 bits per heavy atom. The fourth-order valence-electron chi connectivity index (χ4n) is 8.37. The Morgan fingerprint density at radius 3 is 2.57 bits per heavy atom. The maximum atomic E-state index is 17.6. The summed E-state index contributed by atoms with van der Waals surface area (Å²) in [5, 5.41) is 14.0. The highest BCUT2D eigenvalue weighted by Gasteiger charge is 2.46. The van der Waals surface area contributed by atoms with Crippen LogP contribution in [0.3, 0.4) is 0 Å². The molecule has 0 amide bonds. The van der Waals surface area contributed by atoms with Crippen molar-refractivity contribution < 1.29 is 27.0 Å². The van der Waals surface area contributed by atoms with E-state index in [1.807, 2.05) is 20.8 Å². The zero-order valence-electron chi connectivity index (χ0n) is 29.5. The van der Waals surface area contributed by atoms with E-state index >= 15 is 17.6 Å². The van der Waals surface area contributed by atoms with Crippen molar-refractivity contribution in [2.45, 2.75) is 70.3 Å². The van der Waals surface area contributed by atoms with E-state index in [0.717, 1.165) is 38.8 Å². The molecule has 53 heavy (non-hydrogen) atoms. The van der Waals surface area contributed by atoms with Gasteiger partial charge in [0.05, 0.1) is 29.1 Å². The van der Waals surface area contributed by atoms with Crippen LogP contribution in [0.1, 0.15) is 69.2 Å². The minimum atomic E-state index is -5.09. The van der Waals surface area contributed by atoms with Crippen molar-refractivity contribution in [2.24, 2.45) is 0 Å². The van der Waals surface area contributed by atoms with Crippen LogP contribution < -0.4 is 25.4 Å². The van der Waals surface area contributed by atoms with E-state index < -0.39 is 34.9 Å². The van der Waals surface area contributed by atoms with E-state index in [4.69, 9.17) is 20.2 Å². The molecule has 2 fully saturated rings. The molecule has 2 saturated heterocycles. The molecule has 2 aromatic carbocycles. The van der Waals surface area contributed by atoms with Gasteiger partial charge >= 0.3 is 12.2 Å².